The van der Waals surface area contributed by atoms with Crippen molar-refractivity contribution >= 4 is 28.4 Å². The minimum absolute atomic E-state index is 0.175. The number of para-hydroxylation sites is 1. The van der Waals surface area contributed by atoms with Crippen LogP contribution in [0.25, 0.3) is 10.9 Å². The van der Waals surface area contributed by atoms with Gasteiger partial charge in [-0.15, -0.1) is 0 Å². The van der Waals surface area contributed by atoms with Crippen LogP contribution in [0.4, 0.5) is 0 Å². The van der Waals surface area contributed by atoms with Crippen LogP contribution in [0.15, 0.2) is 30.3 Å². The molecule has 2 rings (SSSR count). The molecular formula is C11H10ClN2O. The van der Waals surface area contributed by atoms with Gasteiger partial charge in [-0.3, -0.25) is 4.79 Å². The Labute approximate surface area is 92.4 Å². The maximum atomic E-state index is 11.3. The van der Waals surface area contributed by atoms with Crippen LogP contribution in [0.1, 0.15) is 5.69 Å². The maximum absolute atomic E-state index is 11.3. The summed E-state index contributed by atoms with van der Waals surface area (Å²) < 4.78 is 0. The summed E-state index contributed by atoms with van der Waals surface area (Å²) in [6.45, 7) is 0. The van der Waals surface area contributed by atoms with E-state index in [-0.39, 0.29) is 11.3 Å². The Hall–Kier alpha value is -1.48. The first-order valence-electron chi connectivity index (χ1n) is 4.55. The number of nitrogens with one attached hydrogen (secondary N) is 2. The summed E-state index contributed by atoms with van der Waals surface area (Å²) in [4.78, 5) is 14.4. The number of carbonyl (C=O) groups excluding carboxylic acids is 1. The number of aromatic amines is 1. The number of aromatic nitrogens is 1. The van der Waals surface area contributed by atoms with Crippen LogP contribution in [0.5, 0.6) is 0 Å². The minimum Gasteiger partial charge on any atom is -0.357 e. The Kier molecular flexibility index (Phi) is 2.64. The molecule has 0 atom stereocenters. The van der Waals surface area contributed by atoms with Crippen molar-refractivity contribution in [1.29, 1.82) is 0 Å². The first kappa shape index (κ1) is 10.1. The number of rotatable bonds is 2. The molecule has 2 N–H and O–H groups in total. The van der Waals surface area contributed by atoms with E-state index in [0.717, 1.165) is 10.9 Å². The van der Waals surface area contributed by atoms with Crippen LogP contribution in [-0.4, -0.2) is 17.9 Å². The molecule has 0 saturated heterocycles. The zero-order valence-corrected chi connectivity index (χ0v) is 8.93. The lowest BCUT2D eigenvalue weighted by atomic mass is 10.2. The van der Waals surface area contributed by atoms with Crippen molar-refractivity contribution < 1.29 is 4.79 Å². The lowest BCUT2D eigenvalue weighted by Gasteiger charge is -2.03. The highest BCUT2D eigenvalue weighted by molar-refractivity contribution is 6.41. The van der Waals surface area contributed by atoms with Crippen molar-refractivity contribution in [3.63, 3.8) is 0 Å². The van der Waals surface area contributed by atoms with Crippen LogP contribution in [0, 0.1) is 5.38 Å². The van der Waals surface area contributed by atoms with Crippen LogP contribution in [0.3, 0.4) is 0 Å². The fourth-order valence-corrected chi connectivity index (χ4v) is 1.62. The van der Waals surface area contributed by atoms with Crippen LogP contribution in [0.2, 0.25) is 0 Å². The van der Waals surface area contributed by atoms with E-state index >= 15 is 0 Å². The molecule has 4 heteroatoms. The normalized spacial score (nSPS) is 10.9. The van der Waals surface area contributed by atoms with Crippen molar-refractivity contribution in [2.75, 3.05) is 7.05 Å². The molecule has 2 aromatic rings. The Morgan fingerprint density at radius 3 is 2.80 bits per heavy atom. The Balaban J connectivity index is 2.40. The van der Waals surface area contributed by atoms with E-state index in [4.69, 9.17) is 11.6 Å². The maximum Gasteiger partial charge on any atom is 0.249 e. The molecular weight excluding hydrogens is 212 g/mol. The van der Waals surface area contributed by atoms with Gasteiger partial charge in [0.2, 0.25) is 5.91 Å². The van der Waals surface area contributed by atoms with Gasteiger partial charge in [0.15, 0.2) is 5.38 Å². The van der Waals surface area contributed by atoms with Crippen LogP contribution in [-0.2, 0) is 4.79 Å². The lowest BCUT2D eigenvalue weighted by Crippen LogP contribution is -2.23. The predicted octanol–water partition coefficient (Wildman–Crippen LogP) is 2.03. The fourth-order valence-electron chi connectivity index (χ4n) is 1.42. The van der Waals surface area contributed by atoms with Crippen molar-refractivity contribution in [3.8, 4) is 0 Å². The van der Waals surface area contributed by atoms with Crippen molar-refractivity contribution in [2.24, 2.45) is 0 Å². The predicted molar refractivity (Wildman–Crippen MR) is 60.6 cm³/mol. The number of benzene rings is 1. The molecule has 0 aliphatic carbocycles. The van der Waals surface area contributed by atoms with Gasteiger partial charge in [0.1, 0.15) is 0 Å². The third kappa shape index (κ3) is 1.83. The summed E-state index contributed by atoms with van der Waals surface area (Å²) in [5.41, 5.74) is 1.60. The molecule has 0 unspecified atom stereocenters. The minimum atomic E-state index is -0.289. The molecule has 1 aromatic heterocycles. The number of hydrogen-bond acceptors (Lipinski definition) is 1. The van der Waals surface area contributed by atoms with Gasteiger partial charge in [-0.2, -0.15) is 0 Å². The third-order valence-electron chi connectivity index (χ3n) is 2.19. The number of hydrogen-bond donors (Lipinski definition) is 2. The molecule has 0 aliphatic rings. The van der Waals surface area contributed by atoms with Gasteiger partial charge in [-0.05, 0) is 17.5 Å². The van der Waals surface area contributed by atoms with Crippen molar-refractivity contribution in [1.82, 2.24) is 10.3 Å². The van der Waals surface area contributed by atoms with E-state index < -0.39 is 0 Å². The van der Waals surface area contributed by atoms with Gasteiger partial charge in [0.05, 0.1) is 0 Å². The summed E-state index contributed by atoms with van der Waals surface area (Å²) >= 11 is 5.90. The molecule has 0 saturated carbocycles. The number of fused-ring (bicyclic) bond motifs is 1. The molecule has 0 spiro atoms. The topological polar surface area (TPSA) is 44.9 Å². The second-order valence-corrected chi connectivity index (χ2v) is 3.54. The van der Waals surface area contributed by atoms with Gasteiger partial charge in [0, 0.05) is 18.3 Å². The monoisotopic (exact) mass is 221 g/mol. The number of halogens is 1. The standard InChI is InChI=1S/C11H10ClN2O/c1-13-11(15)10(12)9-6-7-4-2-3-5-8(7)14-9/h2-6,14H,1H3,(H,13,15). The van der Waals surface area contributed by atoms with Crippen LogP contribution < -0.4 is 5.32 Å². The van der Waals surface area contributed by atoms with Crippen molar-refractivity contribution in [2.45, 2.75) is 0 Å². The lowest BCUT2D eigenvalue weighted by molar-refractivity contribution is -0.117. The van der Waals surface area contributed by atoms with E-state index in [1.807, 2.05) is 30.3 Å². The molecule has 1 amide bonds. The Morgan fingerprint density at radius 1 is 1.40 bits per heavy atom. The quantitative estimate of drug-likeness (QED) is 0.801. The smallest absolute Gasteiger partial charge is 0.249 e. The second kappa shape index (κ2) is 3.95. The molecule has 3 nitrogen and oxygen atoms in total. The molecule has 77 valence electrons. The van der Waals surface area contributed by atoms with E-state index in [2.05, 4.69) is 10.3 Å². The summed E-state index contributed by atoms with van der Waals surface area (Å²) in [5.74, 6) is -0.289. The highest BCUT2D eigenvalue weighted by Gasteiger charge is 2.19. The summed E-state index contributed by atoms with van der Waals surface area (Å²) in [7, 11) is 1.55. The summed E-state index contributed by atoms with van der Waals surface area (Å²) in [5, 5.41) is 3.69. The number of likely N-dealkylation sites (N-methyl/N-ethyl adjacent to an activating group) is 1. The number of amides is 1. The van der Waals surface area contributed by atoms with Crippen molar-refractivity contribution in [3.05, 3.63) is 41.4 Å². The molecule has 1 radical (unpaired) electrons. The highest BCUT2D eigenvalue weighted by atomic mass is 35.5. The summed E-state index contributed by atoms with van der Waals surface area (Å²) in [6, 6.07) is 9.62. The van der Waals surface area contributed by atoms with Gasteiger partial charge >= 0.3 is 0 Å². The molecule has 0 aliphatic heterocycles. The van der Waals surface area contributed by atoms with Gasteiger partial charge < -0.3 is 10.3 Å². The van der Waals surface area contributed by atoms with E-state index in [1.165, 1.54) is 0 Å². The van der Waals surface area contributed by atoms with Gasteiger partial charge in [-0.1, -0.05) is 29.8 Å². The van der Waals surface area contributed by atoms with Gasteiger partial charge in [0.25, 0.3) is 0 Å². The Bertz CT molecular complexity index is 459. The van der Waals surface area contributed by atoms with Gasteiger partial charge in [-0.25, -0.2) is 0 Å². The molecule has 15 heavy (non-hydrogen) atoms. The zero-order chi connectivity index (χ0) is 10.8. The zero-order valence-electron chi connectivity index (χ0n) is 8.17. The van der Waals surface area contributed by atoms with E-state index in [9.17, 15) is 4.79 Å². The largest absolute Gasteiger partial charge is 0.357 e. The first-order chi connectivity index (χ1) is 7.22. The Morgan fingerprint density at radius 2 is 2.13 bits per heavy atom. The second-order valence-electron chi connectivity index (χ2n) is 3.16. The van der Waals surface area contributed by atoms with Crippen LogP contribution >= 0.6 is 11.6 Å². The fraction of sp³-hybridized carbons (Fsp3) is 0.0909. The molecule has 1 heterocycles. The molecule has 1 aromatic carbocycles. The average molecular weight is 222 g/mol. The molecule has 0 bridgehead atoms. The third-order valence-corrected chi connectivity index (χ3v) is 2.57. The van der Waals surface area contributed by atoms with E-state index in [1.54, 1.807) is 7.05 Å². The van der Waals surface area contributed by atoms with E-state index in [0.29, 0.717) is 5.69 Å². The number of H-pyrrole nitrogens is 1. The number of carbonyl (C=O) groups is 1. The first-order valence-corrected chi connectivity index (χ1v) is 4.93. The highest BCUT2D eigenvalue weighted by Crippen LogP contribution is 2.23. The summed E-state index contributed by atoms with van der Waals surface area (Å²) in [6.07, 6.45) is 0. The SMILES string of the molecule is CNC(=O)[C](Cl)c1cc2ccccc2[nH]1. The average Bonchev–Trinajstić information content (AvgIpc) is 2.70. The molecule has 0 fully saturated rings.